The van der Waals surface area contributed by atoms with Crippen molar-refractivity contribution in [1.82, 2.24) is 14.5 Å². The number of rotatable bonds is 3. The van der Waals surface area contributed by atoms with E-state index in [1.165, 1.54) is 5.56 Å². The third-order valence-corrected chi connectivity index (χ3v) is 3.93. The van der Waals surface area contributed by atoms with Gasteiger partial charge < -0.3 is 5.32 Å². The summed E-state index contributed by atoms with van der Waals surface area (Å²) < 4.78 is 1.94. The molecular weight excluding hydrogens is 244 g/mol. The van der Waals surface area contributed by atoms with Gasteiger partial charge in [0.25, 0.3) is 0 Å². The van der Waals surface area contributed by atoms with Gasteiger partial charge in [0.2, 0.25) is 0 Å². The van der Waals surface area contributed by atoms with Crippen LogP contribution in [0.4, 0.5) is 5.82 Å². The van der Waals surface area contributed by atoms with Gasteiger partial charge in [0.05, 0.1) is 5.69 Å². The van der Waals surface area contributed by atoms with Crippen LogP contribution in [0.25, 0.3) is 0 Å². The monoisotopic (exact) mass is 260 g/mol. The van der Waals surface area contributed by atoms with E-state index in [9.17, 15) is 0 Å². The Morgan fingerprint density at radius 3 is 2.89 bits per heavy atom. The molecule has 0 unspecified atom stereocenters. The highest BCUT2D eigenvalue weighted by Gasteiger charge is 2.24. The van der Waals surface area contributed by atoms with Gasteiger partial charge in [-0.2, -0.15) is 9.19 Å². The molecular formula is C13H16N4S. The minimum atomic E-state index is 0.170. The molecule has 0 bridgehead atoms. The van der Waals surface area contributed by atoms with Gasteiger partial charge in [-0.25, -0.2) is 0 Å². The van der Waals surface area contributed by atoms with Crippen molar-refractivity contribution in [2.45, 2.75) is 25.4 Å². The van der Waals surface area contributed by atoms with E-state index in [2.05, 4.69) is 53.0 Å². The van der Waals surface area contributed by atoms with E-state index in [4.69, 9.17) is 0 Å². The lowest BCUT2D eigenvalue weighted by Gasteiger charge is -2.18. The van der Waals surface area contributed by atoms with Gasteiger partial charge in [-0.1, -0.05) is 30.3 Å². The Bertz CT molecular complexity index is 514. The molecule has 1 aliphatic heterocycles. The quantitative estimate of drug-likeness (QED) is 0.890. The van der Waals surface area contributed by atoms with E-state index >= 15 is 0 Å². The Morgan fingerprint density at radius 1 is 1.39 bits per heavy atom. The van der Waals surface area contributed by atoms with E-state index in [-0.39, 0.29) is 5.50 Å². The zero-order valence-electron chi connectivity index (χ0n) is 10.4. The first-order valence-electron chi connectivity index (χ1n) is 6.04. The molecule has 0 amide bonds. The first-order valence-corrected chi connectivity index (χ1v) is 6.87. The maximum atomic E-state index is 4.40. The second kappa shape index (κ2) is 4.66. The molecule has 0 spiro atoms. The first-order chi connectivity index (χ1) is 8.72. The highest BCUT2D eigenvalue weighted by Crippen LogP contribution is 2.29. The van der Waals surface area contributed by atoms with Crippen molar-refractivity contribution in [2.24, 2.45) is 0 Å². The third-order valence-electron chi connectivity index (χ3n) is 2.99. The zero-order chi connectivity index (χ0) is 12.5. The predicted molar refractivity (Wildman–Crippen MR) is 75.4 cm³/mol. The van der Waals surface area contributed by atoms with Crippen LogP contribution in [0.3, 0.4) is 0 Å². The summed E-state index contributed by atoms with van der Waals surface area (Å²) in [5.41, 5.74) is 2.50. The number of nitrogens with one attached hydrogen (secondary N) is 2. The molecule has 3 rings (SSSR count). The van der Waals surface area contributed by atoms with Gasteiger partial charge in [-0.3, -0.25) is 5.32 Å². The highest BCUT2D eigenvalue weighted by atomic mass is 32.2. The number of hydrogen-bond acceptors (Lipinski definition) is 4. The third kappa shape index (κ3) is 2.23. The average Bonchev–Trinajstić information content (AvgIpc) is 2.86. The van der Waals surface area contributed by atoms with Crippen LogP contribution in [0.15, 0.2) is 36.4 Å². The predicted octanol–water partition coefficient (Wildman–Crippen LogP) is 2.75. The standard InChI is InChI=1S/C13H16N4S/c1-9-8-12-15-13(18-17(12)16-9)14-10(2)11-6-4-3-5-7-11/h3-8,10,13-15H,1-2H3/t10-,13+/m0/s1. The summed E-state index contributed by atoms with van der Waals surface area (Å²) in [6.45, 7) is 4.17. The van der Waals surface area contributed by atoms with Crippen molar-refractivity contribution in [3.63, 3.8) is 0 Å². The molecule has 5 heteroatoms. The highest BCUT2D eigenvalue weighted by molar-refractivity contribution is 7.98. The topological polar surface area (TPSA) is 41.9 Å². The second-order valence-corrected chi connectivity index (χ2v) is 5.50. The lowest BCUT2D eigenvalue weighted by Crippen LogP contribution is -2.32. The van der Waals surface area contributed by atoms with E-state index in [0.717, 1.165) is 11.5 Å². The molecule has 2 N–H and O–H groups in total. The molecule has 0 saturated heterocycles. The van der Waals surface area contributed by atoms with Crippen LogP contribution in [0, 0.1) is 6.92 Å². The van der Waals surface area contributed by atoms with E-state index in [0.29, 0.717) is 6.04 Å². The van der Waals surface area contributed by atoms with E-state index in [1.54, 1.807) is 11.9 Å². The molecule has 1 aliphatic rings. The van der Waals surface area contributed by atoms with Gasteiger partial charge in [-0.05, 0) is 19.4 Å². The summed E-state index contributed by atoms with van der Waals surface area (Å²) in [6.07, 6.45) is 0. The van der Waals surface area contributed by atoms with Crippen LogP contribution in [0.2, 0.25) is 0 Å². The van der Waals surface area contributed by atoms with Crippen LogP contribution in [0.5, 0.6) is 0 Å². The molecule has 2 heterocycles. The molecule has 94 valence electrons. The summed E-state index contributed by atoms with van der Waals surface area (Å²) in [6, 6.07) is 12.8. The second-order valence-electron chi connectivity index (χ2n) is 4.47. The Labute approximate surface area is 111 Å². The summed E-state index contributed by atoms with van der Waals surface area (Å²) in [5, 5.41) is 11.3. The van der Waals surface area contributed by atoms with Crippen molar-refractivity contribution in [3.8, 4) is 0 Å². The summed E-state index contributed by atoms with van der Waals surface area (Å²) >= 11 is 1.66. The van der Waals surface area contributed by atoms with Gasteiger partial charge in [0, 0.05) is 24.1 Å². The summed E-state index contributed by atoms with van der Waals surface area (Å²) in [5.74, 6) is 1.07. The lowest BCUT2D eigenvalue weighted by molar-refractivity contribution is 0.581. The number of aromatic nitrogens is 2. The fraction of sp³-hybridized carbons (Fsp3) is 0.308. The molecule has 2 atom stereocenters. The fourth-order valence-corrected chi connectivity index (χ4v) is 3.09. The summed E-state index contributed by atoms with van der Waals surface area (Å²) in [7, 11) is 0. The van der Waals surface area contributed by atoms with Crippen molar-refractivity contribution in [3.05, 3.63) is 47.7 Å². The maximum Gasteiger partial charge on any atom is 0.149 e. The van der Waals surface area contributed by atoms with Crippen LogP contribution in [-0.4, -0.2) is 14.7 Å². The Balaban J connectivity index is 1.64. The van der Waals surface area contributed by atoms with Crippen molar-refractivity contribution in [1.29, 1.82) is 0 Å². The van der Waals surface area contributed by atoms with Crippen LogP contribution >= 0.6 is 11.9 Å². The van der Waals surface area contributed by atoms with Gasteiger partial charge in [0.1, 0.15) is 11.3 Å². The number of anilines is 1. The molecule has 4 nitrogen and oxygen atoms in total. The minimum Gasteiger partial charge on any atom is -0.344 e. The molecule has 0 aliphatic carbocycles. The average molecular weight is 260 g/mol. The Morgan fingerprint density at radius 2 is 2.17 bits per heavy atom. The molecule has 0 fully saturated rings. The maximum absolute atomic E-state index is 4.40. The van der Waals surface area contributed by atoms with Crippen molar-refractivity contribution in [2.75, 3.05) is 5.32 Å². The summed E-state index contributed by atoms with van der Waals surface area (Å²) in [4.78, 5) is 0. The molecule has 0 saturated carbocycles. The molecule has 18 heavy (non-hydrogen) atoms. The largest absolute Gasteiger partial charge is 0.344 e. The van der Waals surface area contributed by atoms with Crippen LogP contribution in [-0.2, 0) is 0 Å². The van der Waals surface area contributed by atoms with Crippen molar-refractivity contribution >= 4 is 17.8 Å². The molecule has 1 aromatic carbocycles. The fourth-order valence-electron chi connectivity index (χ4n) is 2.05. The number of aryl methyl sites for hydroxylation is 1. The van der Waals surface area contributed by atoms with Gasteiger partial charge >= 0.3 is 0 Å². The Hall–Kier alpha value is -1.46. The smallest absolute Gasteiger partial charge is 0.149 e. The minimum absolute atomic E-state index is 0.170. The zero-order valence-corrected chi connectivity index (χ0v) is 11.2. The number of benzene rings is 1. The molecule has 2 aromatic rings. The SMILES string of the molecule is Cc1cc2n(n1)S[C@H](N[C@@H](C)c1ccccc1)N2. The van der Waals surface area contributed by atoms with Gasteiger partial charge in [0.15, 0.2) is 0 Å². The number of nitrogens with zero attached hydrogens (tertiary/aromatic N) is 2. The Kier molecular flexibility index (Phi) is 3.01. The normalized spacial score (nSPS) is 19.3. The van der Waals surface area contributed by atoms with Crippen molar-refractivity contribution < 1.29 is 0 Å². The lowest BCUT2D eigenvalue weighted by atomic mass is 10.1. The van der Waals surface area contributed by atoms with Gasteiger partial charge in [-0.15, -0.1) is 0 Å². The van der Waals surface area contributed by atoms with Crippen LogP contribution in [0.1, 0.15) is 24.2 Å². The molecule has 1 aromatic heterocycles. The number of fused-ring (bicyclic) bond motifs is 1. The van der Waals surface area contributed by atoms with E-state index in [1.807, 2.05) is 17.1 Å². The van der Waals surface area contributed by atoms with E-state index < -0.39 is 0 Å². The number of hydrogen-bond donors (Lipinski definition) is 2. The molecule has 0 radical (unpaired) electrons. The van der Waals surface area contributed by atoms with Crippen LogP contribution < -0.4 is 10.6 Å². The first kappa shape index (κ1) is 11.6.